The van der Waals surface area contributed by atoms with Gasteiger partial charge in [-0.15, -0.1) is 0 Å². The van der Waals surface area contributed by atoms with Gasteiger partial charge in [-0.25, -0.2) is 4.79 Å². The monoisotopic (exact) mass is 394 g/mol. The lowest BCUT2D eigenvalue weighted by molar-refractivity contribution is -0.124. The number of imide groups is 1. The molecular weight excluding hydrogens is 376 g/mol. The first-order chi connectivity index (χ1) is 13.9. The molecule has 0 spiro atoms. The summed E-state index contributed by atoms with van der Waals surface area (Å²) in [4.78, 5) is 49.8. The summed E-state index contributed by atoms with van der Waals surface area (Å²) < 4.78 is 5.37. The minimum Gasteiger partial charge on any atom is -0.482 e. The van der Waals surface area contributed by atoms with Crippen LogP contribution in [0, 0.1) is 0 Å². The second-order valence-corrected chi connectivity index (χ2v) is 6.90. The highest BCUT2D eigenvalue weighted by molar-refractivity contribution is 6.07. The number of carbonyl (C=O) groups excluding carboxylic acids is 4. The molecule has 9 heteroatoms. The van der Waals surface area contributed by atoms with Gasteiger partial charge >= 0.3 is 6.03 Å². The second-order valence-electron chi connectivity index (χ2n) is 6.90. The Labute approximate surface area is 166 Å². The average Bonchev–Trinajstić information content (AvgIpc) is 2.97. The molecule has 0 aliphatic carbocycles. The van der Waals surface area contributed by atoms with Crippen molar-refractivity contribution in [3.05, 3.63) is 54.1 Å². The predicted octanol–water partition coefficient (Wildman–Crippen LogP) is 1.11. The van der Waals surface area contributed by atoms with Crippen molar-refractivity contribution in [3.8, 4) is 5.75 Å². The van der Waals surface area contributed by atoms with E-state index in [0.717, 1.165) is 0 Å². The summed E-state index contributed by atoms with van der Waals surface area (Å²) in [5.41, 5.74) is 0.269. The molecule has 3 N–H and O–H groups in total. The van der Waals surface area contributed by atoms with Crippen LogP contribution in [-0.2, 0) is 19.9 Å². The molecule has 2 aromatic carbocycles. The summed E-state index contributed by atoms with van der Waals surface area (Å²) in [6.07, 6.45) is 0. The molecule has 1 atom stereocenters. The molecule has 0 bridgehead atoms. The topological polar surface area (TPSA) is 117 Å². The maximum atomic E-state index is 12.6. The standard InChI is InChI=1S/C20H18N4O5/c1-20(18(27)22-19(28)23-20)12-5-4-6-13(9-12)21-16(25)10-24-14-7-2-3-8-15(14)29-11-17(24)26/h2-9H,10-11H2,1H3,(H,21,25)(H2,22,23,27,28). The predicted molar refractivity (Wildman–Crippen MR) is 103 cm³/mol. The lowest BCUT2D eigenvalue weighted by atomic mass is 9.92. The summed E-state index contributed by atoms with van der Waals surface area (Å²) in [5.74, 6) is -0.651. The third-order valence-electron chi connectivity index (χ3n) is 4.88. The minimum absolute atomic E-state index is 0.132. The zero-order valence-corrected chi connectivity index (χ0v) is 15.5. The summed E-state index contributed by atoms with van der Waals surface area (Å²) in [5, 5.41) is 7.51. The van der Waals surface area contributed by atoms with Crippen LogP contribution in [0.2, 0.25) is 0 Å². The quantitative estimate of drug-likeness (QED) is 0.672. The number of nitrogens with zero attached hydrogens (tertiary/aromatic N) is 1. The highest BCUT2D eigenvalue weighted by Gasteiger charge is 2.43. The Morgan fingerprint density at radius 2 is 1.97 bits per heavy atom. The highest BCUT2D eigenvalue weighted by atomic mass is 16.5. The smallest absolute Gasteiger partial charge is 0.322 e. The Morgan fingerprint density at radius 1 is 1.17 bits per heavy atom. The highest BCUT2D eigenvalue weighted by Crippen LogP contribution is 2.31. The van der Waals surface area contributed by atoms with Crippen molar-refractivity contribution in [2.45, 2.75) is 12.5 Å². The van der Waals surface area contributed by atoms with Crippen LogP contribution in [0.5, 0.6) is 5.75 Å². The minimum atomic E-state index is -1.23. The molecule has 148 valence electrons. The van der Waals surface area contributed by atoms with E-state index >= 15 is 0 Å². The normalized spacial score (nSPS) is 20.4. The van der Waals surface area contributed by atoms with Crippen LogP contribution in [0.4, 0.5) is 16.2 Å². The fourth-order valence-electron chi connectivity index (χ4n) is 3.33. The SMILES string of the molecule is CC1(c2cccc(NC(=O)CN3C(=O)COc4ccccc43)c2)NC(=O)NC1=O. The Bertz CT molecular complexity index is 1040. The number of para-hydroxylation sites is 2. The van der Waals surface area contributed by atoms with Crippen molar-refractivity contribution in [3.63, 3.8) is 0 Å². The first-order valence-corrected chi connectivity index (χ1v) is 8.93. The van der Waals surface area contributed by atoms with Crippen molar-refractivity contribution in [1.29, 1.82) is 0 Å². The lowest BCUT2D eigenvalue weighted by Gasteiger charge is -2.28. The van der Waals surface area contributed by atoms with Crippen molar-refractivity contribution in [1.82, 2.24) is 10.6 Å². The van der Waals surface area contributed by atoms with Gasteiger partial charge in [0.15, 0.2) is 6.61 Å². The van der Waals surface area contributed by atoms with Crippen LogP contribution >= 0.6 is 0 Å². The zero-order chi connectivity index (χ0) is 20.6. The lowest BCUT2D eigenvalue weighted by Crippen LogP contribution is -2.43. The molecule has 4 rings (SSSR count). The molecule has 0 radical (unpaired) electrons. The van der Waals surface area contributed by atoms with Gasteiger partial charge in [0, 0.05) is 5.69 Å². The third-order valence-corrected chi connectivity index (χ3v) is 4.88. The van der Waals surface area contributed by atoms with Crippen molar-refractivity contribution in [2.75, 3.05) is 23.4 Å². The summed E-state index contributed by atoms with van der Waals surface area (Å²) in [7, 11) is 0. The van der Waals surface area contributed by atoms with Crippen LogP contribution in [0.25, 0.3) is 0 Å². The van der Waals surface area contributed by atoms with Gasteiger partial charge in [-0.05, 0) is 36.8 Å². The number of urea groups is 1. The molecule has 9 nitrogen and oxygen atoms in total. The van der Waals surface area contributed by atoms with E-state index in [0.29, 0.717) is 22.7 Å². The molecule has 2 heterocycles. The largest absolute Gasteiger partial charge is 0.482 e. The number of carbonyl (C=O) groups is 4. The van der Waals surface area contributed by atoms with E-state index in [2.05, 4.69) is 16.0 Å². The fourth-order valence-corrected chi connectivity index (χ4v) is 3.33. The van der Waals surface area contributed by atoms with Crippen LogP contribution in [0.15, 0.2) is 48.5 Å². The first kappa shape index (κ1) is 18.5. The fraction of sp³-hybridized carbons (Fsp3) is 0.200. The molecule has 1 fully saturated rings. The van der Waals surface area contributed by atoms with E-state index in [4.69, 9.17) is 4.74 Å². The molecule has 0 aromatic heterocycles. The molecule has 1 saturated heterocycles. The number of rotatable bonds is 4. The van der Waals surface area contributed by atoms with E-state index in [9.17, 15) is 19.2 Å². The van der Waals surface area contributed by atoms with E-state index in [-0.39, 0.29) is 19.1 Å². The third kappa shape index (κ3) is 3.38. The number of hydrogen-bond donors (Lipinski definition) is 3. The van der Waals surface area contributed by atoms with E-state index in [1.165, 1.54) is 4.90 Å². The van der Waals surface area contributed by atoms with Crippen LogP contribution < -0.4 is 25.6 Å². The van der Waals surface area contributed by atoms with Gasteiger partial charge in [0.25, 0.3) is 11.8 Å². The maximum Gasteiger partial charge on any atom is 0.322 e. The van der Waals surface area contributed by atoms with Gasteiger partial charge in [-0.3, -0.25) is 24.6 Å². The molecule has 2 aliphatic rings. The van der Waals surface area contributed by atoms with E-state index in [1.54, 1.807) is 55.5 Å². The Morgan fingerprint density at radius 3 is 2.72 bits per heavy atom. The maximum absolute atomic E-state index is 12.6. The van der Waals surface area contributed by atoms with E-state index in [1.807, 2.05) is 0 Å². The Hall–Kier alpha value is -3.88. The van der Waals surface area contributed by atoms with Gasteiger partial charge in [0.1, 0.15) is 17.8 Å². The Balaban J connectivity index is 1.51. The molecular formula is C20H18N4O5. The Kier molecular flexibility index (Phi) is 4.42. The van der Waals surface area contributed by atoms with Gasteiger partial charge in [0.2, 0.25) is 5.91 Å². The number of ether oxygens (including phenoxy) is 1. The number of nitrogens with one attached hydrogen (secondary N) is 3. The molecule has 2 aliphatic heterocycles. The van der Waals surface area contributed by atoms with Crippen molar-refractivity contribution >= 4 is 35.1 Å². The molecule has 2 aromatic rings. The average molecular weight is 394 g/mol. The first-order valence-electron chi connectivity index (χ1n) is 8.93. The van der Waals surface area contributed by atoms with Crippen LogP contribution in [-0.4, -0.2) is 36.9 Å². The zero-order valence-electron chi connectivity index (χ0n) is 15.5. The molecule has 0 saturated carbocycles. The molecule has 5 amide bonds. The van der Waals surface area contributed by atoms with E-state index < -0.39 is 23.4 Å². The van der Waals surface area contributed by atoms with Crippen molar-refractivity contribution < 1.29 is 23.9 Å². The summed E-state index contributed by atoms with van der Waals surface area (Å²) >= 11 is 0. The second kappa shape index (κ2) is 6.93. The number of hydrogen-bond acceptors (Lipinski definition) is 5. The van der Waals surface area contributed by atoms with Crippen molar-refractivity contribution in [2.24, 2.45) is 0 Å². The number of fused-ring (bicyclic) bond motifs is 1. The summed E-state index contributed by atoms with van der Waals surface area (Å²) in [6, 6.07) is 13.0. The molecule has 29 heavy (non-hydrogen) atoms. The number of amides is 5. The van der Waals surface area contributed by atoms with Gasteiger partial charge in [-0.2, -0.15) is 0 Å². The number of anilines is 2. The van der Waals surface area contributed by atoms with Gasteiger partial charge < -0.3 is 15.4 Å². The van der Waals surface area contributed by atoms with Crippen LogP contribution in [0.3, 0.4) is 0 Å². The van der Waals surface area contributed by atoms with Gasteiger partial charge in [0.05, 0.1) is 5.69 Å². The summed E-state index contributed by atoms with van der Waals surface area (Å²) in [6.45, 7) is 1.27. The van der Waals surface area contributed by atoms with Gasteiger partial charge in [-0.1, -0.05) is 24.3 Å². The molecule has 1 unspecified atom stereocenters. The van der Waals surface area contributed by atoms with Crippen LogP contribution in [0.1, 0.15) is 12.5 Å². The number of benzene rings is 2.